The lowest BCUT2D eigenvalue weighted by molar-refractivity contribution is -0.140. The van der Waals surface area contributed by atoms with E-state index in [0.717, 1.165) is 12.1 Å². The van der Waals surface area contributed by atoms with Gasteiger partial charge in [0.15, 0.2) is 11.6 Å². The Morgan fingerprint density at radius 2 is 2.10 bits per heavy atom. The van der Waals surface area contributed by atoms with Crippen LogP contribution in [0.3, 0.4) is 0 Å². The number of aliphatic carboxylic acids is 1. The topological polar surface area (TPSA) is 92.7 Å². The number of carboxylic acids is 1. The number of hydrogen-bond donors (Lipinski definition) is 2. The second-order valence-corrected chi connectivity index (χ2v) is 6.33. The van der Waals surface area contributed by atoms with Crippen molar-refractivity contribution in [3.05, 3.63) is 24.0 Å². The molecule has 1 unspecified atom stereocenters. The molecule has 0 aliphatic heterocycles. The molecule has 118 valence electrons. The second-order valence-electron chi connectivity index (χ2n) is 4.62. The third-order valence-corrected chi connectivity index (χ3v) is 4.63. The van der Waals surface area contributed by atoms with Crippen molar-refractivity contribution in [2.75, 3.05) is 7.11 Å². The van der Waals surface area contributed by atoms with Crippen LogP contribution >= 0.6 is 0 Å². The maximum atomic E-state index is 13.6. The van der Waals surface area contributed by atoms with Gasteiger partial charge < -0.3 is 9.84 Å². The highest BCUT2D eigenvalue weighted by molar-refractivity contribution is 7.89. The van der Waals surface area contributed by atoms with Gasteiger partial charge in [-0.15, -0.1) is 0 Å². The van der Waals surface area contributed by atoms with Crippen LogP contribution in [0.5, 0.6) is 5.75 Å². The molecule has 1 aromatic rings. The maximum absolute atomic E-state index is 13.6. The fourth-order valence-corrected chi connectivity index (χ4v) is 3.00. The summed E-state index contributed by atoms with van der Waals surface area (Å²) >= 11 is 0. The van der Waals surface area contributed by atoms with Gasteiger partial charge in [-0.2, -0.15) is 4.72 Å². The van der Waals surface area contributed by atoms with Gasteiger partial charge in [0.2, 0.25) is 10.0 Å². The van der Waals surface area contributed by atoms with Crippen molar-refractivity contribution in [3.63, 3.8) is 0 Å². The monoisotopic (exact) mass is 319 g/mol. The van der Waals surface area contributed by atoms with Gasteiger partial charge in [-0.05, 0) is 24.1 Å². The van der Waals surface area contributed by atoms with Gasteiger partial charge in [-0.3, -0.25) is 4.79 Å². The molecular formula is C13H18FNO5S. The quantitative estimate of drug-likeness (QED) is 0.796. The van der Waals surface area contributed by atoms with Crippen molar-refractivity contribution in [1.82, 2.24) is 4.72 Å². The van der Waals surface area contributed by atoms with Crippen LogP contribution in [0.25, 0.3) is 0 Å². The molecule has 0 saturated carbocycles. The number of ether oxygens (including phenoxy) is 1. The molecule has 2 atom stereocenters. The molecule has 0 aromatic heterocycles. The summed E-state index contributed by atoms with van der Waals surface area (Å²) in [4.78, 5) is 10.8. The largest absolute Gasteiger partial charge is 0.494 e. The van der Waals surface area contributed by atoms with E-state index >= 15 is 0 Å². The number of methoxy groups -OCH3 is 1. The molecule has 0 fully saturated rings. The third kappa shape index (κ3) is 4.15. The SMILES string of the molecule is CCC(C)[C@H](NS(=O)(=O)c1ccc(OC)c(F)c1)C(=O)O. The molecule has 6 nitrogen and oxygen atoms in total. The molecule has 0 amide bonds. The first-order valence-corrected chi connectivity index (χ1v) is 7.80. The standard InChI is InChI=1S/C13H18FNO5S/c1-4-8(2)12(13(16)17)15-21(18,19)9-5-6-11(20-3)10(14)7-9/h5-8,12,15H,4H2,1-3H3,(H,16,17)/t8?,12-/m0/s1. The number of nitrogens with one attached hydrogen (secondary N) is 1. The summed E-state index contributed by atoms with van der Waals surface area (Å²) in [5.74, 6) is -2.61. The van der Waals surface area contributed by atoms with Crippen LogP contribution in [0, 0.1) is 11.7 Å². The molecule has 21 heavy (non-hydrogen) atoms. The smallest absolute Gasteiger partial charge is 0.322 e. The Morgan fingerprint density at radius 1 is 1.48 bits per heavy atom. The van der Waals surface area contributed by atoms with Crippen molar-refractivity contribution in [2.24, 2.45) is 5.92 Å². The Bertz CT molecular complexity index is 617. The molecule has 2 N–H and O–H groups in total. The van der Waals surface area contributed by atoms with E-state index in [2.05, 4.69) is 4.72 Å². The minimum absolute atomic E-state index is 0.0920. The number of sulfonamides is 1. The lowest BCUT2D eigenvalue weighted by atomic mass is 10.0. The normalized spacial score (nSPS) is 14.5. The van der Waals surface area contributed by atoms with Gasteiger partial charge >= 0.3 is 5.97 Å². The molecule has 0 heterocycles. The van der Waals surface area contributed by atoms with Gasteiger partial charge in [0.25, 0.3) is 0 Å². The summed E-state index contributed by atoms with van der Waals surface area (Å²) in [5, 5.41) is 9.10. The highest BCUT2D eigenvalue weighted by Gasteiger charge is 2.29. The lowest BCUT2D eigenvalue weighted by Crippen LogP contribution is -2.44. The summed E-state index contributed by atoms with van der Waals surface area (Å²) in [6, 6.07) is 1.84. The van der Waals surface area contributed by atoms with E-state index < -0.39 is 33.8 Å². The number of carboxylic acid groups (broad SMARTS) is 1. The first kappa shape index (κ1) is 17.4. The maximum Gasteiger partial charge on any atom is 0.322 e. The van der Waals surface area contributed by atoms with Crippen LogP contribution in [-0.4, -0.2) is 32.6 Å². The number of carbonyl (C=O) groups is 1. The van der Waals surface area contributed by atoms with Crippen molar-refractivity contribution in [2.45, 2.75) is 31.2 Å². The van der Waals surface area contributed by atoms with E-state index in [9.17, 15) is 17.6 Å². The minimum atomic E-state index is -4.13. The van der Waals surface area contributed by atoms with Crippen LogP contribution in [0.4, 0.5) is 4.39 Å². The van der Waals surface area contributed by atoms with Crippen molar-refractivity contribution >= 4 is 16.0 Å². The van der Waals surface area contributed by atoms with Gasteiger partial charge in [0, 0.05) is 0 Å². The van der Waals surface area contributed by atoms with E-state index in [4.69, 9.17) is 9.84 Å². The fourth-order valence-electron chi connectivity index (χ4n) is 1.70. The Balaban J connectivity index is 3.10. The highest BCUT2D eigenvalue weighted by atomic mass is 32.2. The first-order valence-electron chi connectivity index (χ1n) is 6.31. The van der Waals surface area contributed by atoms with Crippen LogP contribution in [-0.2, 0) is 14.8 Å². The van der Waals surface area contributed by atoms with Crippen molar-refractivity contribution in [1.29, 1.82) is 0 Å². The number of hydrogen-bond acceptors (Lipinski definition) is 4. The average Bonchev–Trinajstić information content (AvgIpc) is 2.43. The van der Waals surface area contributed by atoms with Gasteiger partial charge in [-0.25, -0.2) is 12.8 Å². The van der Waals surface area contributed by atoms with Gasteiger partial charge in [0.05, 0.1) is 12.0 Å². The summed E-state index contributed by atoms with van der Waals surface area (Å²) in [6.07, 6.45) is 0.483. The Hall–Kier alpha value is -1.67. The predicted octanol–water partition coefficient (Wildman–Crippen LogP) is 1.61. The molecule has 1 aromatic carbocycles. The summed E-state index contributed by atoms with van der Waals surface area (Å²) in [7, 11) is -2.88. The van der Waals surface area contributed by atoms with E-state index in [1.54, 1.807) is 13.8 Å². The average molecular weight is 319 g/mol. The van der Waals surface area contributed by atoms with Crippen LogP contribution in [0.15, 0.2) is 23.1 Å². The highest BCUT2D eigenvalue weighted by Crippen LogP contribution is 2.21. The number of rotatable bonds is 7. The molecule has 1 rings (SSSR count). The van der Waals surface area contributed by atoms with Crippen LogP contribution in [0.1, 0.15) is 20.3 Å². The predicted molar refractivity (Wildman–Crippen MR) is 74.2 cm³/mol. The van der Waals surface area contributed by atoms with E-state index in [0.29, 0.717) is 6.42 Å². The molecule has 0 saturated heterocycles. The second kappa shape index (κ2) is 6.86. The molecule has 0 spiro atoms. The zero-order valence-corrected chi connectivity index (χ0v) is 12.8. The molecular weight excluding hydrogens is 301 g/mol. The zero-order valence-electron chi connectivity index (χ0n) is 12.0. The lowest BCUT2D eigenvalue weighted by Gasteiger charge is -2.20. The van der Waals surface area contributed by atoms with Crippen LogP contribution in [0.2, 0.25) is 0 Å². The van der Waals surface area contributed by atoms with Crippen molar-refractivity contribution in [3.8, 4) is 5.75 Å². The summed E-state index contributed by atoms with van der Waals surface area (Å²) in [5.41, 5.74) is 0. The Labute approximate surface area is 123 Å². The summed E-state index contributed by atoms with van der Waals surface area (Å²) in [6.45, 7) is 3.37. The third-order valence-electron chi connectivity index (χ3n) is 3.19. The van der Waals surface area contributed by atoms with Gasteiger partial charge in [-0.1, -0.05) is 20.3 Å². The molecule has 0 radical (unpaired) electrons. The molecule has 8 heteroatoms. The Kier molecular flexibility index (Phi) is 5.68. The Morgan fingerprint density at radius 3 is 2.52 bits per heavy atom. The van der Waals surface area contributed by atoms with E-state index in [-0.39, 0.29) is 10.6 Å². The van der Waals surface area contributed by atoms with E-state index in [1.165, 1.54) is 13.2 Å². The fraction of sp³-hybridized carbons (Fsp3) is 0.462. The summed E-state index contributed by atoms with van der Waals surface area (Å²) < 4.78 is 44.6. The zero-order chi connectivity index (χ0) is 16.2. The first-order chi connectivity index (χ1) is 9.72. The molecule has 0 bridgehead atoms. The van der Waals surface area contributed by atoms with Gasteiger partial charge in [0.1, 0.15) is 6.04 Å². The number of benzene rings is 1. The molecule has 0 aliphatic rings. The number of halogens is 1. The van der Waals surface area contributed by atoms with Crippen molar-refractivity contribution < 1.29 is 27.4 Å². The molecule has 0 aliphatic carbocycles. The van der Waals surface area contributed by atoms with Crippen LogP contribution < -0.4 is 9.46 Å². The minimum Gasteiger partial charge on any atom is -0.494 e. The van der Waals surface area contributed by atoms with E-state index in [1.807, 2.05) is 0 Å².